The van der Waals surface area contributed by atoms with Crippen LogP contribution in [0.1, 0.15) is 63.1 Å². The van der Waals surface area contributed by atoms with Crippen molar-refractivity contribution in [3.63, 3.8) is 0 Å². The molecule has 0 spiro atoms. The minimum atomic E-state index is -3.14. The fraction of sp³-hybridized carbons (Fsp3) is 0.310. The molecule has 5 aromatic rings. The zero-order valence-corrected chi connectivity index (χ0v) is 32.3. The Balaban J connectivity index is 1.03. The van der Waals surface area contributed by atoms with Gasteiger partial charge in [-0.3, -0.25) is 29.0 Å². The number of ether oxygens (including phenoxy) is 1. The molecule has 6 rings (SSSR count). The molecule has 1 saturated heterocycles. The number of fused-ring (bicyclic) bond motifs is 1. The number of hydrogen-bond donors (Lipinski definition) is 4. The monoisotopic (exact) mass is 812 g/mol. The van der Waals surface area contributed by atoms with Crippen LogP contribution in [0.4, 0.5) is 13.2 Å². The number of carbonyl (C=O) groups excluding carboxylic acids is 4. The highest BCUT2D eigenvalue weighted by Gasteiger charge is 2.29. The Morgan fingerprint density at radius 3 is 2.34 bits per heavy atom. The summed E-state index contributed by atoms with van der Waals surface area (Å²) in [5, 5.41) is 16.2. The first-order chi connectivity index (χ1) is 28.3. The lowest BCUT2D eigenvalue weighted by atomic mass is 10.0. The summed E-state index contributed by atoms with van der Waals surface area (Å²) >= 11 is 0. The standard InChI is InChI=1S/C42H43F3N8O6/c1-26(54)48-37(59-25-36(49-40(57)34-12-5-6-15-47-34)28-8-7-9-29(22-28)42(2,44)45)23-46-24-38(55)52-16-18-53(19-17-52)41(58)32-20-27(13-14-33(32)43)21-35-30-10-3-4-11-31(30)39(56)51-50-35/h3-15,20,22,36-37,46H,16-19,21,23-25H2,1-2H3,(H,48,54)(H,49,57)(H,51,56). The summed E-state index contributed by atoms with van der Waals surface area (Å²) < 4.78 is 49.4. The maximum absolute atomic E-state index is 15.0. The summed E-state index contributed by atoms with van der Waals surface area (Å²) in [6.45, 7) is 2.34. The van der Waals surface area contributed by atoms with Crippen LogP contribution >= 0.6 is 0 Å². The third-order valence-electron chi connectivity index (χ3n) is 9.76. The lowest BCUT2D eigenvalue weighted by molar-refractivity contribution is -0.131. The van der Waals surface area contributed by atoms with Crippen LogP contribution in [0.15, 0.2) is 95.9 Å². The van der Waals surface area contributed by atoms with Gasteiger partial charge in [-0.05, 0) is 47.5 Å². The van der Waals surface area contributed by atoms with Gasteiger partial charge in [-0.15, -0.1) is 0 Å². The summed E-state index contributed by atoms with van der Waals surface area (Å²) in [5.74, 6) is -5.64. The SMILES string of the molecule is CC(=O)NC(CNCC(=O)N1CCN(C(=O)c2cc(Cc3n[nH]c(=O)c4ccccc34)ccc2F)CC1)OCC(NC(=O)c1ccccn1)c1cccc(C(C)(F)F)c1. The smallest absolute Gasteiger partial charge is 0.272 e. The van der Waals surface area contributed by atoms with Gasteiger partial charge in [0.25, 0.3) is 23.3 Å². The van der Waals surface area contributed by atoms with E-state index in [1.807, 2.05) is 0 Å². The number of halogens is 3. The fourth-order valence-electron chi connectivity index (χ4n) is 6.67. The van der Waals surface area contributed by atoms with E-state index in [0.717, 1.165) is 6.92 Å². The summed E-state index contributed by atoms with van der Waals surface area (Å²) in [5.41, 5.74) is 0.937. The third kappa shape index (κ3) is 10.9. The van der Waals surface area contributed by atoms with Crippen LogP contribution in [0.25, 0.3) is 10.8 Å². The van der Waals surface area contributed by atoms with E-state index in [2.05, 4.69) is 31.1 Å². The number of hydrogen-bond acceptors (Lipinski definition) is 9. The molecule has 308 valence electrons. The summed E-state index contributed by atoms with van der Waals surface area (Å²) in [7, 11) is 0. The van der Waals surface area contributed by atoms with Gasteiger partial charge in [0.05, 0.1) is 35.8 Å². The Kier molecular flexibility index (Phi) is 13.5. The molecule has 0 bridgehead atoms. The van der Waals surface area contributed by atoms with Crippen LogP contribution in [0.2, 0.25) is 0 Å². The second-order valence-corrected chi connectivity index (χ2v) is 14.1. The average Bonchev–Trinajstić information content (AvgIpc) is 3.23. The fourth-order valence-corrected chi connectivity index (χ4v) is 6.67. The zero-order chi connectivity index (χ0) is 42.1. The first-order valence-electron chi connectivity index (χ1n) is 18.9. The van der Waals surface area contributed by atoms with Crippen LogP contribution in [-0.2, 0) is 26.7 Å². The van der Waals surface area contributed by atoms with E-state index in [-0.39, 0.29) is 80.6 Å². The number of nitrogens with one attached hydrogen (secondary N) is 4. The van der Waals surface area contributed by atoms with Crippen LogP contribution in [0, 0.1) is 5.82 Å². The molecule has 0 aliphatic carbocycles. The van der Waals surface area contributed by atoms with Gasteiger partial charge in [-0.1, -0.05) is 48.5 Å². The van der Waals surface area contributed by atoms with Gasteiger partial charge in [0.15, 0.2) is 0 Å². The average molecular weight is 813 g/mol. The van der Waals surface area contributed by atoms with Crippen LogP contribution < -0.4 is 21.5 Å². The second kappa shape index (κ2) is 18.9. The number of amides is 4. The lowest BCUT2D eigenvalue weighted by Gasteiger charge is -2.35. The van der Waals surface area contributed by atoms with Crippen molar-refractivity contribution >= 4 is 34.4 Å². The molecule has 0 radical (unpaired) electrons. The molecule has 3 heterocycles. The molecule has 4 amide bonds. The Hall–Kier alpha value is -6.46. The number of H-pyrrole nitrogens is 1. The highest BCUT2D eigenvalue weighted by molar-refractivity contribution is 5.95. The van der Waals surface area contributed by atoms with Gasteiger partial charge < -0.3 is 30.5 Å². The Labute approximate surface area is 337 Å². The van der Waals surface area contributed by atoms with E-state index in [4.69, 9.17) is 4.74 Å². The van der Waals surface area contributed by atoms with Crippen molar-refractivity contribution in [2.24, 2.45) is 0 Å². The molecule has 59 heavy (non-hydrogen) atoms. The number of rotatable bonds is 15. The topological polar surface area (TPSA) is 179 Å². The Morgan fingerprint density at radius 2 is 1.63 bits per heavy atom. The maximum Gasteiger partial charge on any atom is 0.272 e. The highest BCUT2D eigenvalue weighted by atomic mass is 19.3. The van der Waals surface area contributed by atoms with Gasteiger partial charge in [0.2, 0.25) is 11.8 Å². The molecule has 1 aliphatic heterocycles. The first kappa shape index (κ1) is 42.2. The van der Waals surface area contributed by atoms with Gasteiger partial charge in [-0.25, -0.2) is 18.3 Å². The van der Waals surface area contributed by atoms with E-state index in [9.17, 15) is 32.8 Å². The van der Waals surface area contributed by atoms with Gasteiger partial charge in [-0.2, -0.15) is 5.10 Å². The minimum Gasteiger partial charge on any atom is -0.355 e. The molecule has 3 aromatic carbocycles. The highest BCUT2D eigenvalue weighted by Crippen LogP contribution is 2.29. The van der Waals surface area contributed by atoms with E-state index >= 15 is 4.39 Å². The molecule has 1 fully saturated rings. The summed E-state index contributed by atoms with van der Waals surface area (Å²) in [6, 6.07) is 20.7. The van der Waals surface area contributed by atoms with E-state index < -0.39 is 41.7 Å². The number of aromatic nitrogens is 3. The largest absolute Gasteiger partial charge is 0.355 e. The molecule has 1 aliphatic rings. The third-order valence-corrected chi connectivity index (χ3v) is 9.76. The predicted molar refractivity (Wildman–Crippen MR) is 211 cm³/mol. The van der Waals surface area contributed by atoms with E-state index in [1.54, 1.807) is 53.4 Å². The van der Waals surface area contributed by atoms with Crippen LogP contribution in [0.5, 0.6) is 0 Å². The van der Waals surface area contributed by atoms with Crippen molar-refractivity contribution in [2.75, 3.05) is 45.9 Å². The number of nitrogens with zero attached hydrogens (tertiary/aromatic N) is 4. The number of carbonyl (C=O) groups is 4. The first-order valence-corrected chi connectivity index (χ1v) is 18.9. The minimum absolute atomic E-state index is 0.0300. The van der Waals surface area contributed by atoms with E-state index in [1.165, 1.54) is 54.4 Å². The summed E-state index contributed by atoms with van der Waals surface area (Å²) in [6.07, 6.45) is 0.709. The number of alkyl halides is 2. The molecular weight excluding hydrogens is 770 g/mol. The van der Waals surface area contributed by atoms with Crippen molar-refractivity contribution in [2.45, 2.75) is 38.5 Å². The van der Waals surface area contributed by atoms with Crippen LogP contribution in [0.3, 0.4) is 0 Å². The lowest BCUT2D eigenvalue weighted by Crippen LogP contribution is -2.53. The number of benzene rings is 3. The molecule has 2 atom stereocenters. The molecule has 17 heteroatoms. The normalized spacial score (nSPS) is 14.1. The maximum atomic E-state index is 15.0. The van der Waals surface area contributed by atoms with Crippen molar-refractivity contribution in [3.05, 3.63) is 141 Å². The van der Waals surface area contributed by atoms with Gasteiger partial charge >= 0.3 is 0 Å². The number of aromatic amines is 1. The molecule has 2 aromatic heterocycles. The van der Waals surface area contributed by atoms with Gasteiger partial charge in [0.1, 0.15) is 17.7 Å². The number of pyridine rings is 1. The second-order valence-electron chi connectivity index (χ2n) is 14.1. The summed E-state index contributed by atoms with van der Waals surface area (Å²) in [4.78, 5) is 71.1. The van der Waals surface area contributed by atoms with E-state index in [0.29, 0.717) is 27.6 Å². The van der Waals surface area contributed by atoms with Crippen molar-refractivity contribution < 1.29 is 37.1 Å². The van der Waals surface area contributed by atoms with Gasteiger partial charge in [0, 0.05) is 70.1 Å². The van der Waals surface area contributed by atoms with Crippen molar-refractivity contribution in [1.82, 2.24) is 40.9 Å². The van der Waals surface area contributed by atoms with Crippen molar-refractivity contribution in [1.29, 1.82) is 0 Å². The molecular formula is C42H43F3N8O6. The number of piperazine rings is 1. The molecule has 2 unspecified atom stereocenters. The quantitative estimate of drug-likeness (QED) is 0.115. The molecule has 4 N–H and O–H groups in total. The Bertz CT molecular complexity index is 2370. The predicted octanol–water partition coefficient (Wildman–Crippen LogP) is 3.68. The van der Waals surface area contributed by atoms with Crippen molar-refractivity contribution in [3.8, 4) is 0 Å². The molecule has 0 saturated carbocycles. The Morgan fingerprint density at radius 1 is 0.898 bits per heavy atom. The molecule has 14 nitrogen and oxygen atoms in total. The van der Waals surface area contributed by atoms with Crippen LogP contribution in [-0.4, -0.2) is 101 Å². The zero-order valence-electron chi connectivity index (χ0n) is 32.3.